The second-order valence-electron chi connectivity index (χ2n) is 3.98. The minimum Gasteiger partial charge on any atom is -0.455 e. The van der Waals surface area contributed by atoms with Gasteiger partial charge in [0.15, 0.2) is 0 Å². The molecule has 0 aliphatic heterocycles. The highest BCUT2D eigenvalue weighted by molar-refractivity contribution is 6.31. The molecule has 0 bridgehead atoms. The number of fused-ring (bicyclic) bond motifs is 2. The lowest BCUT2D eigenvalue weighted by Gasteiger charge is -2.02. The van der Waals surface area contributed by atoms with Crippen molar-refractivity contribution in [2.24, 2.45) is 0 Å². The summed E-state index contributed by atoms with van der Waals surface area (Å²) in [5.74, 6) is 0. The van der Waals surface area contributed by atoms with E-state index in [0.717, 1.165) is 0 Å². The smallest absolute Gasteiger partial charge is 0.284 e. The number of halogens is 1. The maximum Gasteiger partial charge on any atom is 0.284 e. The lowest BCUT2D eigenvalue weighted by molar-refractivity contribution is -0.383. The van der Waals surface area contributed by atoms with E-state index in [0.29, 0.717) is 10.6 Å². The fraction of sp³-hybridized carbons (Fsp3) is 0. The number of hydrogen-bond donors (Lipinski definition) is 0. The van der Waals surface area contributed by atoms with Crippen LogP contribution in [0.1, 0.15) is 0 Å². The zero-order valence-corrected chi connectivity index (χ0v) is 10.2. The van der Waals surface area contributed by atoms with Gasteiger partial charge in [0.2, 0.25) is 5.43 Å². The molecule has 94 valence electrons. The molecule has 1 aromatic heterocycles. The van der Waals surface area contributed by atoms with E-state index in [1.165, 1.54) is 30.3 Å². The van der Waals surface area contributed by atoms with Crippen molar-refractivity contribution in [2.75, 3.05) is 0 Å². The van der Waals surface area contributed by atoms with Crippen molar-refractivity contribution in [1.29, 1.82) is 0 Å². The average molecular weight is 276 g/mol. The first-order chi connectivity index (χ1) is 9.08. The molecule has 6 heteroatoms. The predicted octanol–water partition coefficient (Wildman–Crippen LogP) is 3.51. The molecule has 0 aliphatic carbocycles. The molecule has 0 amide bonds. The van der Waals surface area contributed by atoms with Gasteiger partial charge in [-0.15, -0.1) is 0 Å². The molecule has 0 N–H and O–H groups in total. The van der Waals surface area contributed by atoms with Crippen LogP contribution in [-0.2, 0) is 0 Å². The van der Waals surface area contributed by atoms with Gasteiger partial charge in [-0.2, -0.15) is 0 Å². The van der Waals surface area contributed by atoms with Gasteiger partial charge < -0.3 is 4.42 Å². The largest absolute Gasteiger partial charge is 0.455 e. The van der Waals surface area contributed by atoms with Gasteiger partial charge >= 0.3 is 0 Å². The summed E-state index contributed by atoms with van der Waals surface area (Å²) >= 11 is 5.83. The molecule has 2 aromatic carbocycles. The molecule has 0 spiro atoms. The number of benzene rings is 2. The molecule has 19 heavy (non-hydrogen) atoms. The van der Waals surface area contributed by atoms with E-state index >= 15 is 0 Å². The molecule has 0 atom stereocenters. The SMILES string of the molecule is O=c1c2ccc(Cl)cc2oc2cccc([N+](=O)[O-])c12. The van der Waals surface area contributed by atoms with Crippen LogP contribution in [-0.4, -0.2) is 4.92 Å². The van der Waals surface area contributed by atoms with Crippen LogP contribution in [0.4, 0.5) is 5.69 Å². The van der Waals surface area contributed by atoms with E-state index in [4.69, 9.17) is 16.0 Å². The third kappa shape index (κ3) is 1.75. The summed E-state index contributed by atoms with van der Waals surface area (Å²) in [5.41, 5.74) is -0.206. The van der Waals surface area contributed by atoms with E-state index < -0.39 is 10.4 Å². The third-order valence-electron chi connectivity index (χ3n) is 2.84. The monoisotopic (exact) mass is 275 g/mol. The number of nitro groups is 1. The summed E-state index contributed by atoms with van der Waals surface area (Å²) < 4.78 is 5.51. The standard InChI is InChI=1S/C13H6ClNO4/c14-7-4-5-8-11(6-7)19-10-3-1-2-9(15(17)18)12(10)13(8)16/h1-6H. The van der Waals surface area contributed by atoms with Crippen molar-refractivity contribution in [1.82, 2.24) is 0 Å². The van der Waals surface area contributed by atoms with E-state index in [2.05, 4.69) is 0 Å². The fourth-order valence-electron chi connectivity index (χ4n) is 2.01. The van der Waals surface area contributed by atoms with Crippen LogP contribution in [0.5, 0.6) is 0 Å². The lowest BCUT2D eigenvalue weighted by Crippen LogP contribution is -2.05. The van der Waals surface area contributed by atoms with Crippen molar-refractivity contribution in [3.8, 4) is 0 Å². The second-order valence-corrected chi connectivity index (χ2v) is 4.42. The van der Waals surface area contributed by atoms with E-state index in [9.17, 15) is 14.9 Å². The zero-order chi connectivity index (χ0) is 13.6. The van der Waals surface area contributed by atoms with Crippen molar-refractivity contribution >= 4 is 39.2 Å². The van der Waals surface area contributed by atoms with E-state index in [-0.39, 0.29) is 22.0 Å². The first-order valence-corrected chi connectivity index (χ1v) is 5.75. The average Bonchev–Trinajstić information content (AvgIpc) is 2.37. The van der Waals surface area contributed by atoms with Crippen LogP contribution in [0.15, 0.2) is 45.6 Å². The molecule has 0 radical (unpaired) electrons. The normalized spacial score (nSPS) is 11.0. The van der Waals surface area contributed by atoms with Crippen LogP contribution in [0.25, 0.3) is 21.9 Å². The highest BCUT2D eigenvalue weighted by Crippen LogP contribution is 2.26. The van der Waals surface area contributed by atoms with Gasteiger partial charge in [0.1, 0.15) is 16.6 Å². The summed E-state index contributed by atoms with van der Waals surface area (Å²) in [5, 5.41) is 11.6. The third-order valence-corrected chi connectivity index (χ3v) is 3.07. The van der Waals surface area contributed by atoms with Crippen LogP contribution < -0.4 is 5.43 Å². The van der Waals surface area contributed by atoms with Gasteiger partial charge in [-0.25, -0.2) is 0 Å². The first-order valence-electron chi connectivity index (χ1n) is 5.37. The predicted molar refractivity (Wildman–Crippen MR) is 71.7 cm³/mol. The molecule has 3 aromatic rings. The number of non-ortho nitro benzene ring substituents is 1. The molecule has 5 nitrogen and oxygen atoms in total. The highest BCUT2D eigenvalue weighted by atomic mass is 35.5. The Morgan fingerprint density at radius 2 is 1.95 bits per heavy atom. The van der Waals surface area contributed by atoms with Crippen LogP contribution >= 0.6 is 11.6 Å². The van der Waals surface area contributed by atoms with Gasteiger partial charge in [-0.3, -0.25) is 14.9 Å². The number of hydrogen-bond acceptors (Lipinski definition) is 4. The first kappa shape index (κ1) is 11.7. The number of nitro benzene ring substituents is 1. The van der Waals surface area contributed by atoms with Gasteiger partial charge in [0.25, 0.3) is 5.69 Å². The molecule has 3 rings (SSSR count). The summed E-state index contributed by atoms with van der Waals surface area (Å²) in [7, 11) is 0. The molecule has 0 saturated carbocycles. The van der Waals surface area contributed by atoms with Crippen LogP contribution in [0.3, 0.4) is 0 Å². The van der Waals surface area contributed by atoms with Gasteiger partial charge in [-0.05, 0) is 18.2 Å². The van der Waals surface area contributed by atoms with Gasteiger partial charge in [-0.1, -0.05) is 17.7 Å². The van der Waals surface area contributed by atoms with Crippen molar-refractivity contribution in [2.45, 2.75) is 0 Å². The highest BCUT2D eigenvalue weighted by Gasteiger charge is 2.18. The van der Waals surface area contributed by atoms with Crippen molar-refractivity contribution < 1.29 is 9.34 Å². The summed E-state index contributed by atoms with van der Waals surface area (Å²) in [6, 6.07) is 8.82. The topological polar surface area (TPSA) is 73.3 Å². The fourth-order valence-corrected chi connectivity index (χ4v) is 2.17. The Labute approximate surface area is 111 Å². The Morgan fingerprint density at radius 3 is 2.68 bits per heavy atom. The molecule has 1 heterocycles. The Balaban J connectivity index is 2.58. The second kappa shape index (κ2) is 4.07. The Hall–Kier alpha value is -2.40. The molecule has 0 unspecified atom stereocenters. The summed E-state index contributed by atoms with van der Waals surface area (Å²) in [4.78, 5) is 22.7. The summed E-state index contributed by atoms with van der Waals surface area (Å²) in [6.07, 6.45) is 0. The maximum absolute atomic E-state index is 12.3. The summed E-state index contributed by atoms with van der Waals surface area (Å²) in [6.45, 7) is 0. The van der Waals surface area contributed by atoms with Crippen LogP contribution in [0, 0.1) is 10.1 Å². The van der Waals surface area contributed by atoms with E-state index in [1.54, 1.807) is 6.07 Å². The van der Waals surface area contributed by atoms with Gasteiger partial charge in [0, 0.05) is 17.2 Å². The van der Waals surface area contributed by atoms with E-state index in [1.807, 2.05) is 0 Å². The number of rotatable bonds is 1. The van der Waals surface area contributed by atoms with Crippen molar-refractivity contribution in [3.05, 3.63) is 61.8 Å². The minimum atomic E-state index is -0.596. The minimum absolute atomic E-state index is 0.0256. The molecule has 0 fully saturated rings. The molecular weight excluding hydrogens is 270 g/mol. The molecule has 0 aliphatic rings. The van der Waals surface area contributed by atoms with Crippen molar-refractivity contribution in [3.63, 3.8) is 0 Å². The molecular formula is C13H6ClNO4. The Bertz CT molecular complexity index is 885. The van der Waals surface area contributed by atoms with Crippen LogP contribution in [0.2, 0.25) is 5.02 Å². The quantitative estimate of drug-likeness (QED) is 0.387. The van der Waals surface area contributed by atoms with Gasteiger partial charge in [0.05, 0.1) is 10.3 Å². The Kier molecular flexibility index (Phi) is 2.50. The zero-order valence-electron chi connectivity index (χ0n) is 9.42. The Morgan fingerprint density at radius 1 is 1.16 bits per heavy atom. The maximum atomic E-state index is 12.3. The lowest BCUT2D eigenvalue weighted by atomic mass is 10.1. The number of nitrogens with zero attached hydrogens (tertiary/aromatic N) is 1. The molecule has 0 saturated heterocycles.